The Bertz CT molecular complexity index is 627. The van der Waals surface area contributed by atoms with Gasteiger partial charge in [0.05, 0.1) is 17.1 Å². The van der Waals surface area contributed by atoms with E-state index in [0.717, 1.165) is 22.7 Å². The molecule has 0 N–H and O–H groups in total. The number of rotatable bonds is 0. The Morgan fingerprint density at radius 3 is 2.79 bits per heavy atom. The van der Waals surface area contributed by atoms with Crippen molar-refractivity contribution in [2.45, 2.75) is 11.4 Å². The average molecular weight is 284 g/mol. The van der Waals surface area contributed by atoms with E-state index >= 15 is 0 Å². The highest BCUT2D eigenvalue weighted by Gasteiger charge is 2.45. The number of alkyl halides is 3. The van der Waals surface area contributed by atoms with Gasteiger partial charge in [0, 0.05) is 24.2 Å². The molecule has 19 heavy (non-hydrogen) atoms. The van der Waals surface area contributed by atoms with Gasteiger partial charge in [-0.1, -0.05) is 18.2 Å². The van der Waals surface area contributed by atoms with Gasteiger partial charge in [-0.15, -0.1) is 11.8 Å². The molecule has 0 fully saturated rings. The van der Waals surface area contributed by atoms with Gasteiger partial charge in [0.15, 0.2) is 0 Å². The van der Waals surface area contributed by atoms with Crippen LogP contribution >= 0.6 is 11.8 Å². The molecular formula is C13H11F3N2S. The molecule has 2 aromatic rings. The Labute approximate surface area is 112 Å². The van der Waals surface area contributed by atoms with Crippen molar-refractivity contribution in [3.63, 3.8) is 0 Å². The molecule has 2 nitrogen and oxygen atoms in total. The zero-order chi connectivity index (χ0) is 13.6. The summed E-state index contributed by atoms with van der Waals surface area (Å²) >= 11 is 0.890. The standard InChI is InChI=1S/C13H11F3N2S/c1-18-7-19-12(13(14,15)16)9-6-17-10-5-3-2-4-8(10)11(9)18/h2-6,12H,7H2,1H3. The fourth-order valence-corrected chi connectivity index (χ4v) is 3.41. The van der Waals surface area contributed by atoms with Gasteiger partial charge >= 0.3 is 6.18 Å². The molecule has 6 heteroatoms. The maximum absolute atomic E-state index is 13.1. The van der Waals surface area contributed by atoms with Crippen molar-refractivity contribution < 1.29 is 13.2 Å². The second-order valence-corrected chi connectivity index (χ2v) is 5.56. The van der Waals surface area contributed by atoms with E-state index in [2.05, 4.69) is 4.98 Å². The number of pyridine rings is 1. The first kappa shape index (κ1) is 12.6. The Balaban J connectivity index is 2.27. The summed E-state index contributed by atoms with van der Waals surface area (Å²) in [6.45, 7) is 0. The molecular weight excluding hydrogens is 273 g/mol. The molecule has 0 spiro atoms. The van der Waals surface area contributed by atoms with Gasteiger partial charge in [-0.25, -0.2) is 0 Å². The fourth-order valence-electron chi connectivity index (χ4n) is 2.37. The zero-order valence-electron chi connectivity index (χ0n) is 10.1. The first-order valence-corrected chi connectivity index (χ1v) is 6.80. The molecule has 2 heterocycles. The van der Waals surface area contributed by atoms with Crippen LogP contribution in [0.5, 0.6) is 0 Å². The number of aromatic nitrogens is 1. The van der Waals surface area contributed by atoms with Gasteiger partial charge < -0.3 is 4.90 Å². The molecule has 100 valence electrons. The highest BCUT2D eigenvalue weighted by molar-refractivity contribution is 7.99. The van der Waals surface area contributed by atoms with Crippen LogP contribution in [-0.2, 0) is 0 Å². The van der Waals surface area contributed by atoms with E-state index in [9.17, 15) is 13.2 Å². The number of fused-ring (bicyclic) bond motifs is 3. The number of para-hydroxylation sites is 1. The maximum atomic E-state index is 13.1. The van der Waals surface area contributed by atoms with Gasteiger partial charge in [0.25, 0.3) is 0 Å². The first-order valence-electron chi connectivity index (χ1n) is 5.75. The second-order valence-electron chi connectivity index (χ2n) is 4.49. The molecule has 0 aliphatic carbocycles. The summed E-state index contributed by atoms with van der Waals surface area (Å²) in [7, 11) is 1.81. The van der Waals surface area contributed by atoms with Crippen molar-refractivity contribution in [1.29, 1.82) is 0 Å². The van der Waals surface area contributed by atoms with Crippen molar-refractivity contribution in [2.75, 3.05) is 17.8 Å². The molecule has 1 aromatic heterocycles. The predicted octanol–water partition coefficient (Wildman–Crippen LogP) is 3.98. The molecule has 1 atom stereocenters. The van der Waals surface area contributed by atoms with Gasteiger partial charge in [0.2, 0.25) is 0 Å². The Kier molecular flexibility index (Phi) is 2.85. The number of anilines is 1. The van der Waals surface area contributed by atoms with Crippen LogP contribution in [0.25, 0.3) is 10.9 Å². The largest absolute Gasteiger partial charge is 0.404 e. The lowest BCUT2D eigenvalue weighted by atomic mass is 10.1. The summed E-state index contributed by atoms with van der Waals surface area (Å²) in [4.78, 5) is 6.01. The van der Waals surface area contributed by atoms with Crippen molar-refractivity contribution in [3.8, 4) is 0 Å². The molecule has 0 amide bonds. The molecule has 1 unspecified atom stereocenters. The topological polar surface area (TPSA) is 16.1 Å². The smallest absolute Gasteiger partial charge is 0.364 e. The van der Waals surface area contributed by atoms with E-state index in [4.69, 9.17) is 0 Å². The van der Waals surface area contributed by atoms with Crippen LogP contribution in [0, 0.1) is 0 Å². The summed E-state index contributed by atoms with van der Waals surface area (Å²) in [5.74, 6) is 0.325. The Morgan fingerprint density at radius 1 is 1.32 bits per heavy atom. The van der Waals surface area contributed by atoms with E-state index in [1.807, 2.05) is 36.2 Å². The van der Waals surface area contributed by atoms with E-state index in [-0.39, 0.29) is 5.56 Å². The summed E-state index contributed by atoms with van der Waals surface area (Å²) in [5.41, 5.74) is 1.62. The third kappa shape index (κ3) is 2.04. The number of nitrogens with zero attached hydrogens (tertiary/aromatic N) is 2. The number of thioether (sulfide) groups is 1. The quantitative estimate of drug-likeness (QED) is 0.728. The molecule has 0 bridgehead atoms. The van der Waals surface area contributed by atoms with Crippen molar-refractivity contribution >= 4 is 28.4 Å². The lowest BCUT2D eigenvalue weighted by Gasteiger charge is -2.34. The van der Waals surface area contributed by atoms with Crippen LogP contribution in [0.1, 0.15) is 10.8 Å². The molecule has 0 saturated heterocycles. The molecule has 1 aromatic carbocycles. The van der Waals surface area contributed by atoms with Gasteiger partial charge in [-0.05, 0) is 6.07 Å². The first-order chi connectivity index (χ1) is 8.98. The van der Waals surface area contributed by atoms with Crippen molar-refractivity contribution in [2.24, 2.45) is 0 Å². The van der Waals surface area contributed by atoms with Crippen molar-refractivity contribution in [3.05, 3.63) is 36.0 Å². The Hall–Kier alpha value is -1.43. The van der Waals surface area contributed by atoms with Crippen LogP contribution in [0.3, 0.4) is 0 Å². The molecule has 3 rings (SSSR count). The number of hydrogen-bond acceptors (Lipinski definition) is 3. The SMILES string of the molecule is CN1CSC(C(F)(F)F)c2cnc3ccccc3c21. The lowest BCUT2D eigenvalue weighted by molar-refractivity contribution is -0.129. The normalized spacial score (nSPS) is 19.6. The predicted molar refractivity (Wildman–Crippen MR) is 71.4 cm³/mol. The lowest BCUT2D eigenvalue weighted by Crippen LogP contribution is -2.30. The number of benzene rings is 1. The van der Waals surface area contributed by atoms with Gasteiger partial charge in [-0.2, -0.15) is 13.2 Å². The minimum absolute atomic E-state index is 0.255. The molecule has 0 saturated carbocycles. The monoisotopic (exact) mass is 284 g/mol. The van der Waals surface area contributed by atoms with Gasteiger partial charge in [-0.3, -0.25) is 4.98 Å². The summed E-state index contributed by atoms with van der Waals surface area (Å²) in [6, 6.07) is 7.29. The highest BCUT2D eigenvalue weighted by atomic mass is 32.2. The van der Waals surface area contributed by atoms with Crippen LogP contribution in [-0.4, -0.2) is 24.1 Å². The zero-order valence-corrected chi connectivity index (χ0v) is 10.9. The summed E-state index contributed by atoms with van der Waals surface area (Å²) < 4.78 is 39.2. The summed E-state index contributed by atoms with van der Waals surface area (Å²) in [5, 5.41) is -0.715. The van der Waals surface area contributed by atoms with E-state index < -0.39 is 11.4 Å². The fraction of sp³-hybridized carbons (Fsp3) is 0.308. The van der Waals surface area contributed by atoms with Crippen LogP contribution in [0.15, 0.2) is 30.5 Å². The minimum Gasteiger partial charge on any atom is -0.364 e. The van der Waals surface area contributed by atoms with Crippen molar-refractivity contribution in [1.82, 2.24) is 4.98 Å². The molecule has 1 aliphatic heterocycles. The summed E-state index contributed by atoms with van der Waals surface area (Å²) in [6.07, 6.45) is -2.89. The van der Waals surface area contributed by atoms with E-state index in [1.54, 1.807) is 0 Å². The van der Waals surface area contributed by atoms with Crippen LogP contribution in [0.2, 0.25) is 0 Å². The van der Waals surface area contributed by atoms with Crippen LogP contribution in [0.4, 0.5) is 18.9 Å². The van der Waals surface area contributed by atoms with Crippen LogP contribution < -0.4 is 4.90 Å². The average Bonchev–Trinajstić information content (AvgIpc) is 2.37. The molecule has 1 aliphatic rings. The minimum atomic E-state index is -4.25. The Morgan fingerprint density at radius 2 is 2.05 bits per heavy atom. The maximum Gasteiger partial charge on any atom is 0.404 e. The third-order valence-electron chi connectivity index (χ3n) is 3.17. The van der Waals surface area contributed by atoms with E-state index in [0.29, 0.717) is 11.6 Å². The second kappa shape index (κ2) is 4.30. The van der Waals surface area contributed by atoms with Gasteiger partial charge in [0.1, 0.15) is 5.25 Å². The highest BCUT2D eigenvalue weighted by Crippen LogP contribution is 2.51. The van der Waals surface area contributed by atoms with E-state index in [1.165, 1.54) is 6.20 Å². The molecule has 0 radical (unpaired) electrons. The third-order valence-corrected chi connectivity index (χ3v) is 4.56. The number of halogens is 3. The number of hydrogen-bond donors (Lipinski definition) is 0.